The van der Waals surface area contributed by atoms with E-state index in [0.29, 0.717) is 11.4 Å². The summed E-state index contributed by atoms with van der Waals surface area (Å²) in [6.07, 6.45) is 5.42. The van der Waals surface area contributed by atoms with E-state index < -0.39 is 0 Å². The van der Waals surface area contributed by atoms with E-state index >= 15 is 0 Å². The van der Waals surface area contributed by atoms with Crippen molar-refractivity contribution >= 4 is 11.7 Å². The average Bonchev–Trinajstić information content (AvgIpc) is 3.37. The monoisotopic (exact) mass is 288 g/mol. The van der Waals surface area contributed by atoms with Gasteiger partial charge in [-0.1, -0.05) is 6.92 Å². The molecule has 0 bridgehead atoms. The van der Waals surface area contributed by atoms with Crippen LogP contribution in [0.25, 0.3) is 0 Å². The number of carbonyl (C=O) groups excluding carboxylic acids is 1. The Labute approximate surface area is 126 Å². The Morgan fingerprint density at radius 2 is 2.10 bits per heavy atom. The van der Waals surface area contributed by atoms with Crippen LogP contribution in [0.2, 0.25) is 0 Å². The highest BCUT2D eigenvalue weighted by Gasteiger charge is 2.32. The van der Waals surface area contributed by atoms with E-state index in [2.05, 4.69) is 22.1 Å². The highest BCUT2D eigenvalue weighted by Crippen LogP contribution is 2.27. The molecule has 0 spiro atoms. The number of rotatable bonds is 5. The van der Waals surface area contributed by atoms with Crippen LogP contribution >= 0.6 is 0 Å². The molecule has 0 atom stereocenters. The van der Waals surface area contributed by atoms with Crippen LogP contribution in [0.1, 0.15) is 36.5 Å². The summed E-state index contributed by atoms with van der Waals surface area (Å²) in [5.74, 6) is 0.825. The molecule has 114 valence electrons. The molecule has 1 aromatic rings. The van der Waals surface area contributed by atoms with Crippen LogP contribution in [0.3, 0.4) is 0 Å². The van der Waals surface area contributed by atoms with Crippen LogP contribution in [-0.2, 0) is 0 Å². The predicted octanol–water partition coefficient (Wildman–Crippen LogP) is 1.82. The minimum atomic E-state index is 0.108. The van der Waals surface area contributed by atoms with Crippen molar-refractivity contribution in [2.24, 2.45) is 0 Å². The maximum absolute atomic E-state index is 12.7. The Kier molecular flexibility index (Phi) is 4.39. The summed E-state index contributed by atoms with van der Waals surface area (Å²) in [7, 11) is 0. The third kappa shape index (κ3) is 3.35. The number of piperazine rings is 1. The van der Waals surface area contributed by atoms with Gasteiger partial charge in [0, 0.05) is 45.0 Å². The summed E-state index contributed by atoms with van der Waals surface area (Å²) in [4.78, 5) is 21.5. The fourth-order valence-electron chi connectivity index (χ4n) is 2.86. The smallest absolute Gasteiger partial charge is 0.257 e. The zero-order valence-electron chi connectivity index (χ0n) is 12.7. The highest BCUT2D eigenvalue weighted by molar-refractivity contribution is 5.98. The minimum absolute atomic E-state index is 0.108. The highest BCUT2D eigenvalue weighted by atomic mass is 16.2. The van der Waals surface area contributed by atoms with Gasteiger partial charge >= 0.3 is 0 Å². The van der Waals surface area contributed by atoms with Gasteiger partial charge in [-0.3, -0.25) is 9.69 Å². The molecule has 1 aliphatic carbocycles. The maximum Gasteiger partial charge on any atom is 0.257 e. The first-order valence-corrected chi connectivity index (χ1v) is 8.02. The number of hydrogen-bond acceptors (Lipinski definition) is 4. The molecule has 1 amide bonds. The molecule has 2 heterocycles. The van der Waals surface area contributed by atoms with Gasteiger partial charge in [-0.15, -0.1) is 0 Å². The molecular weight excluding hydrogens is 264 g/mol. The molecule has 2 aliphatic rings. The molecule has 1 saturated heterocycles. The van der Waals surface area contributed by atoms with E-state index in [0.717, 1.165) is 45.2 Å². The molecule has 2 fully saturated rings. The number of hydrogen-bond donors (Lipinski definition) is 1. The Morgan fingerprint density at radius 1 is 1.33 bits per heavy atom. The third-order valence-corrected chi connectivity index (χ3v) is 4.25. The molecule has 3 rings (SSSR count). The lowest BCUT2D eigenvalue weighted by Crippen LogP contribution is -2.49. The van der Waals surface area contributed by atoms with Crippen LogP contribution in [0.15, 0.2) is 18.3 Å². The van der Waals surface area contributed by atoms with Gasteiger partial charge in [-0.2, -0.15) is 0 Å². The SMILES string of the molecule is CCCNc1ncccc1C(=O)N1CCN(C2CC2)CC1. The van der Waals surface area contributed by atoms with Gasteiger partial charge in [0.1, 0.15) is 5.82 Å². The van der Waals surface area contributed by atoms with Gasteiger partial charge in [0.2, 0.25) is 0 Å². The standard InChI is InChI=1S/C16H24N4O/c1-2-7-17-15-14(4-3-8-18-15)16(21)20-11-9-19(10-12-20)13-5-6-13/h3-4,8,13H,2,5-7,9-12H2,1H3,(H,17,18). The number of nitrogens with one attached hydrogen (secondary N) is 1. The average molecular weight is 288 g/mol. The molecule has 0 aromatic carbocycles. The first-order chi connectivity index (χ1) is 10.3. The molecule has 1 aliphatic heterocycles. The fourth-order valence-corrected chi connectivity index (χ4v) is 2.86. The molecule has 1 N–H and O–H groups in total. The van der Waals surface area contributed by atoms with E-state index in [9.17, 15) is 4.79 Å². The van der Waals surface area contributed by atoms with Gasteiger partial charge in [-0.05, 0) is 31.4 Å². The van der Waals surface area contributed by atoms with Crippen molar-refractivity contribution in [3.63, 3.8) is 0 Å². The normalized spacial score (nSPS) is 19.6. The zero-order valence-corrected chi connectivity index (χ0v) is 12.7. The maximum atomic E-state index is 12.7. The fraction of sp³-hybridized carbons (Fsp3) is 0.625. The molecule has 5 nitrogen and oxygen atoms in total. The summed E-state index contributed by atoms with van der Waals surface area (Å²) in [6, 6.07) is 4.51. The van der Waals surface area contributed by atoms with Crippen molar-refractivity contribution in [2.45, 2.75) is 32.2 Å². The molecule has 0 unspecified atom stereocenters. The number of aromatic nitrogens is 1. The van der Waals surface area contributed by atoms with Crippen LogP contribution in [0.4, 0.5) is 5.82 Å². The molecular formula is C16H24N4O. The molecule has 1 aromatic heterocycles. The number of amides is 1. The van der Waals surface area contributed by atoms with Crippen LogP contribution < -0.4 is 5.32 Å². The van der Waals surface area contributed by atoms with Crippen molar-refractivity contribution in [2.75, 3.05) is 38.0 Å². The number of nitrogens with zero attached hydrogens (tertiary/aromatic N) is 3. The minimum Gasteiger partial charge on any atom is -0.369 e. The lowest BCUT2D eigenvalue weighted by molar-refractivity contribution is 0.0628. The predicted molar refractivity (Wildman–Crippen MR) is 83.5 cm³/mol. The first-order valence-electron chi connectivity index (χ1n) is 8.02. The Bertz CT molecular complexity index is 493. The van der Waals surface area contributed by atoms with E-state index in [1.54, 1.807) is 6.20 Å². The van der Waals surface area contributed by atoms with Crippen molar-refractivity contribution in [1.29, 1.82) is 0 Å². The summed E-state index contributed by atoms with van der Waals surface area (Å²) in [5.41, 5.74) is 0.700. The molecule has 21 heavy (non-hydrogen) atoms. The number of anilines is 1. The Hall–Kier alpha value is -1.62. The van der Waals surface area contributed by atoms with Gasteiger partial charge in [0.15, 0.2) is 0 Å². The first kappa shape index (κ1) is 14.3. The Balaban J connectivity index is 1.64. The van der Waals surface area contributed by atoms with Gasteiger partial charge < -0.3 is 10.2 Å². The molecule has 5 heteroatoms. The summed E-state index contributed by atoms with van der Waals surface area (Å²) < 4.78 is 0. The zero-order chi connectivity index (χ0) is 14.7. The van der Waals surface area contributed by atoms with E-state index in [4.69, 9.17) is 0 Å². The van der Waals surface area contributed by atoms with Crippen molar-refractivity contribution in [1.82, 2.24) is 14.8 Å². The van der Waals surface area contributed by atoms with Crippen LogP contribution in [0.5, 0.6) is 0 Å². The lowest BCUT2D eigenvalue weighted by Gasteiger charge is -2.35. The van der Waals surface area contributed by atoms with Gasteiger partial charge in [0.25, 0.3) is 5.91 Å². The number of pyridine rings is 1. The second-order valence-corrected chi connectivity index (χ2v) is 5.89. The second-order valence-electron chi connectivity index (χ2n) is 5.89. The summed E-state index contributed by atoms with van der Waals surface area (Å²) in [5, 5.41) is 3.25. The summed E-state index contributed by atoms with van der Waals surface area (Å²) in [6.45, 7) is 6.62. The quantitative estimate of drug-likeness (QED) is 0.898. The topological polar surface area (TPSA) is 48.5 Å². The van der Waals surface area contributed by atoms with Crippen LogP contribution in [0, 0.1) is 0 Å². The van der Waals surface area contributed by atoms with Crippen molar-refractivity contribution in [3.8, 4) is 0 Å². The van der Waals surface area contributed by atoms with E-state index in [1.807, 2.05) is 17.0 Å². The number of carbonyl (C=O) groups is 1. The molecule has 0 radical (unpaired) electrons. The van der Waals surface area contributed by atoms with E-state index in [-0.39, 0.29) is 5.91 Å². The van der Waals surface area contributed by atoms with Crippen molar-refractivity contribution in [3.05, 3.63) is 23.9 Å². The largest absolute Gasteiger partial charge is 0.369 e. The lowest BCUT2D eigenvalue weighted by atomic mass is 10.2. The van der Waals surface area contributed by atoms with E-state index in [1.165, 1.54) is 12.8 Å². The Morgan fingerprint density at radius 3 is 2.76 bits per heavy atom. The van der Waals surface area contributed by atoms with Gasteiger partial charge in [-0.25, -0.2) is 4.98 Å². The summed E-state index contributed by atoms with van der Waals surface area (Å²) >= 11 is 0. The molecule has 1 saturated carbocycles. The van der Waals surface area contributed by atoms with Crippen LogP contribution in [-0.4, -0.2) is 59.5 Å². The van der Waals surface area contributed by atoms with Crippen molar-refractivity contribution < 1.29 is 4.79 Å². The second kappa shape index (κ2) is 6.43. The third-order valence-electron chi connectivity index (χ3n) is 4.25. The van der Waals surface area contributed by atoms with Gasteiger partial charge in [0.05, 0.1) is 5.56 Å².